The van der Waals surface area contributed by atoms with Crippen LogP contribution in [-0.2, 0) is 14.3 Å². The van der Waals surface area contributed by atoms with E-state index in [0.29, 0.717) is 32.8 Å². The summed E-state index contributed by atoms with van der Waals surface area (Å²) < 4.78 is 17.9. The van der Waals surface area contributed by atoms with Crippen LogP contribution < -0.4 is 19.6 Å². The van der Waals surface area contributed by atoms with Crippen LogP contribution in [-0.4, -0.2) is 36.8 Å². The molecule has 1 aromatic heterocycles. The van der Waals surface area contributed by atoms with Crippen molar-refractivity contribution >= 4 is 29.4 Å². The third-order valence-electron chi connectivity index (χ3n) is 5.93. The number of allylic oxidation sites excluding steroid dienone is 1. The van der Waals surface area contributed by atoms with Gasteiger partial charge in [0.15, 0.2) is 4.80 Å². The monoisotopic (exact) mass is 534 g/mol. The summed E-state index contributed by atoms with van der Waals surface area (Å²) in [5.74, 6) is -0.100. The minimum absolute atomic E-state index is 0.146. The zero-order valence-corrected chi connectivity index (χ0v) is 22.8. The highest BCUT2D eigenvalue weighted by molar-refractivity contribution is 7.07. The highest BCUT2D eigenvalue weighted by Gasteiger charge is 2.33. The number of esters is 2. The minimum Gasteiger partial charge on any atom is -0.494 e. The van der Waals surface area contributed by atoms with Crippen LogP contribution in [0, 0.1) is 5.92 Å². The van der Waals surface area contributed by atoms with Gasteiger partial charge in [0.25, 0.3) is 5.56 Å². The van der Waals surface area contributed by atoms with E-state index in [0.717, 1.165) is 11.3 Å². The van der Waals surface area contributed by atoms with Crippen molar-refractivity contribution in [2.75, 3.05) is 20.3 Å². The summed E-state index contributed by atoms with van der Waals surface area (Å²) >= 11 is 1.25. The third-order valence-corrected chi connectivity index (χ3v) is 6.91. The van der Waals surface area contributed by atoms with Crippen LogP contribution in [0.15, 0.2) is 69.6 Å². The number of thiazole rings is 1. The number of carbonyl (C=O) groups is 2. The van der Waals surface area contributed by atoms with E-state index in [1.165, 1.54) is 23.0 Å². The zero-order valence-electron chi connectivity index (χ0n) is 22.0. The molecule has 198 valence electrons. The molecule has 0 N–H and O–H groups in total. The fourth-order valence-corrected chi connectivity index (χ4v) is 5.16. The topological polar surface area (TPSA) is 96.2 Å². The van der Waals surface area contributed by atoms with Gasteiger partial charge < -0.3 is 14.2 Å². The quantitative estimate of drug-likeness (QED) is 0.410. The molecule has 0 spiro atoms. The molecule has 1 aliphatic heterocycles. The second-order valence-electron chi connectivity index (χ2n) is 9.19. The van der Waals surface area contributed by atoms with Crippen molar-refractivity contribution in [3.05, 3.63) is 96.2 Å². The SMILES string of the molecule is CCOc1ccc(C=c2sc3n(c2=O)C(c2ccc(C(=O)OC)cc2)C(C(=O)OCC(C)C)=C(C)N=3)cc1. The summed E-state index contributed by atoms with van der Waals surface area (Å²) in [5, 5.41) is 0. The summed E-state index contributed by atoms with van der Waals surface area (Å²) in [5.41, 5.74) is 2.35. The van der Waals surface area contributed by atoms with Crippen molar-refractivity contribution in [2.45, 2.75) is 33.7 Å². The molecule has 0 fully saturated rings. The van der Waals surface area contributed by atoms with Gasteiger partial charge in [0.1, 0.15) is 5.75 Å². The molecule has 4 rings (SSSR count). The van der Waals surface area contributed by atoms with Crippen molar-refractivity contribution < 1.29 is 23.8 Å². The number of carbonyl (C=O) groups excluding carboxylic acids is 2. The second kappa shape index (κ2) is 11.6. The lowest BCUT2D eigenvalue weighted by atomic mass is 9.95. The Morgan fingerprint density at radius 1 is 1.08 bits per heavy atom. The highest BCUT2D eigenvalue weighted by atomic mass is 32.1. The molecule has 0 amide bonds. The predicted octanol–water partition coefficient (Wildman–Crippen LogP) is 3.62. The Morgan fingerprint density at radius 3 is 2.37 bits per heavy atom. The number of rotatable bonds is 8. The van der Waals surface area contributed by atoms with E-state index in [1.807, 2.05) is 45.0 Å². The minimum atomic E-state index is -0.764. The molecular weight excluding hydrogens is 504 g/mol. The maximum absolute atomic E-state index is 13.7. The number of hydrogen-bond acceptors (Lipinski definition) is 8. The van der Waals surface area contributed by atoms with Gasteiger partial charge in [-0.25, -0.2) is 14.6 Å². The molecule has 1 atom stereocenters. The van der Waals surface area contributed by atoms with E-state index in [1.54, 1.807) is 37.3 Å². The fourth-order valence-electron chi connectivity index (χ4n) is 4.12. The Labute approximate surface area is 224 Å². The van der Waals surface area contributed by atoms with Crippen molar-refractivity contribution in [3.63, 3.8) is 0 Å². The summed E-state index contributed by atoms with van der Waals surface area (Å²) in [6.07, 6.45) is 1.80. The predicted molar refractivity (Wildman–Crippen MR) is 145 cm³/mol. The van der Waals surface area contributed by atoms with Gasteiger partial charge in [-0.3, -0.25) is 9.36 Å². The summed E-state index contributed by atoms with van der Waals surface area (Å²) in [4.78, 5) is 44.1. The molecule has 1 aliphatic rings. The van der Waals surface area contributed by atoms with Crippen LogP contribution in [0.5, 0.6) is 5.75 Å². The van der Waals surface area contributed by atoms with Gasteiger partial charge in [0.2, 0.25) is 0 Å². The first kappa shape index (κ1) is 27.1. The number of fused-ring (bicyclic) bond motifs is 1. The number of methoxy groups -OCH3 is 1. The molecular formula is C29H30N2O6S. The molecule has 1 unspecified atom stereocenters. The molecule has 0 radical (unpaired) electrons. The van der Waals surface area contributed by atoms with E-state index in [4.69, 9.17) is 14.2 Å². The molecule has 3 aromatic rings. The molecule has 0 bridgehead atoms. The van der Waals surface area contributed by atoms with Gasteiger partial charge >= 0.3 is 11.9 Å². The molecule has 0 saturated carbocycles. The molecule has 0 saturated heterocycles. The van der Waals surface area contributed by atoms with Crippen LogP contribution >= 0.6 is 11.3 Å². The Hall–Kier alpha value is -3.98. The lowest BCUT2D eigenvalue weighted by Crippen LogP contribution is -2.40. The average Bonchev–Trinajstić information content (AvgIpc) is 3.21. The van der Waals surface area contributed by atoms with Crippen LogP contribution in [0.2, 0.25) is 0 Å². The smallest absolute Gasteiger partial charge is 0.338 e. The summed E-state index contributed by atoms with van der Waals surface area (Å²) in [6, 6.07) is 13.4. The van der Waals surface area contributed by atoms with Crippen LogP contribution in [0.25, 0.3) is 6.08 Å². The summed E-state index contributed by atoms with van der Waals surface area (Å²) in [7, 11) is 1.31. The van der Waals surface area contributed by atoms with Gasteiger partial charge in [-0.05, 0) is 61.2 Å². The Bertz CT molecular complexity index is 1550. The molecule has 9 heteroatoms. The lowest BCUT2D eigenvalue weighted by Gasteiger charge is -2.25. The third kappa shape index (κ3) is 5.62. The average molecular weight is 535 g/mol. The normalized spacial score (nSPS) is 15.2. The fraction of sp³-hybridized carbons (Fsp3) is 0.310. The first-order valence-corrected chi connectivity index (χ1v) is 13.2. The molecule has 8 nitrogen and oxygen atoms in total. The van der Waals surface area contributed by atoms with Gasteiger partial charge in [-0.15, -0.1) is 0 Å². The number of ether oxygens (including phenoxy) is 3. The number of nitrogens with zero attached hydrogens (tertiary/aromatic N) is 2. The van der Waals surface area contributed by atoms with Gasteiger partial charge in [-0.2, -0.15) is 0 Å². The summed E-state index contributed by atoms with van der Waals surface area (Å²) in [6.45, 7) is 8.38. The van der Waals surface area contributed by atoms with Crippen molar-refractivity contribution in [1.29, 1.82) is 0 Å². The number of aromatic nitrogens is 1. The van der Waals surface area contributed by atoms with E-state index in [2.05, 4.69) is 4.99 Å². The molecule has 0 aliphatic carbocycles. The lowest BCUT2D eigenvalue weighted by molar-refractivity contribution is -0.140. The van der Waals surface area contributed by atoms with Crippen molar-refractivity contribution in [2.24, 2.45) is 10.9 Å². The second-order valence-corrected chi connectivity index (χ2v) is 10.2. The number of benzene rings is 2. The first-order chi connectivity index (χ1) is 18.2. The van der Waals surface area contributed by atoms with Gasteiger partial charge in [0.05, 0.1) is 47.7 Å². The van der Waals surface area contributed by atoms with Gasteiger partial charge in [0, 0.05) is 0 Å². The van der Waals surface area contributed by atoms with E-state index < -0.39 is 18.0 Å². The van der Waals surface area contributed by atoms with Crippen molar-refractivity contribution in [3.8, 4) is 5.75 Å². The van der Waals surface area contributed by atoms with Crippen LogP contribution in [0.1, 0.15) is 55.2 Å². The van der Waals surface area contributed by atoms with E-state index in [-0.39, 0.29) is 23.7 Å². The Balaban J connectivity index is 1.84. The number of hydrogen-bond donors (Lipinski definition) is 0. The Morgan fingerprint density at radius 2 is 1.76 bits per heavy atom. The largest absolute Gasteiger partial charge is 0.494 e. The first-order valence-electron chi connectivity index (χ1n) is 12.3. The Kier molecular flexibility index (Phi) is 8.26. The molecule has 2 heterocycles. The van der Waals surface area contributed by atoms with Crippen LogP contribution in [0.3, 0.4) is 0 Å². The molecule has 2 aromatic carbocycles. The standard InChI is InChI=1S/C29H30N2O6S/c1-6-36-22-13-7-19(8-14-22)15-23-26(32)31-25(20-9-11-21(12-10-20)27(33)35-5)24(18(4)30-29(31)38-23)28(34)37-16-17(2)3/h7-15,17,25H,6,16H2,1-5H3. The maximum atomic E-state index is 13.7. The highest BCUT2D eigenvalue weighted by Crippen LogP contribution is 2.31. The maximum Gasteiger partial charge on any atom is 0.338 e. The van der Waals surface area contributed by atoms with Crippen LogP contribution in [0.4, 0.5) is 0 Å². The van der Waals surface area contributed by atoms with E-state index in [9.17, 15) is 14.4 Å². The van der Waals surface area contributed by atoms with E-state index >= 15 is 0 Å². The van der Waals surface area contributed by atoms with Gasteiger partial charge in [-0.1, -0.05) is 49.4 Å². The molecule has 38 heavy (non-hydrogen) atoms. The zero-order chi connectivity index (χ0) is 27.4. The van der Waals surface area contributed by atoms with Crippen molar-refractivity contribution in [1.82, 2.24) is 4.57 Å².